The lowest BCUT2D eigenvalue weighted by atomic mass is 10.1. The maximum Gasteiger partial charge on any atom is 0.434 e. The molecule has 0 aliphatic carbocycles. The summed E-state index contributed by atoms with van der Waals surface area (Å²) in [5.41, 5.74) is 1.88. The summed E-state index contributed by atoms with van der Waals surface area (Å²) in [6.45, 7) is 3.79. The lowest BCUT2D eigenvalue weighted by Crippen LogP contribution is -2.05. The molecule has 2 aromatic carbocycles. The molecule has 0 N–H and O–H groups in total. The number of rotatable bonds is 3. The Morgan fingerprint density at radius 3 is 2.11 bits per heavy atom. The van der Waals surface area contributed by atoms with Crippen LogP contribution in [0.4, 0.5) is 13.2 Å². The number of hydrogen-bond acceptors (Lipinski definition) is 3. The minimum atomic E-state index is -4.59. The highest BCUT2D eigenvalue weighted by atomic mass is 32.2. The number of alkyl halides is 3. The Balaban J connectivity index is 2.19. The third-order valence-corrected chi connectivity index (χ3v) is 5.43. The second kappa shape index (κ2) is 6.53. The van der Waals surface area contributed by atoms with Crippen LogP contribution in [0.5, 0.6) is 0 Å². The molecule has 0 aliphatic heterocycles. The zero-order valence-electron chi connectivity index (χ0n) is 14.9. The van der Waals surface area contributed by atoms with Gasteiger partial charge in [0.15, 0.2) is 15.5 Å². The Kier molecular flexibility index (Phi) is 4.63. The first-order valence-corrected chi connectivity index (χ1v) is 9.90. The fourth-order valence-electron chi connectivity index (χ4n) is 2.64. The maximum atomic E-state index is 13.2. The fourth-order valence-corrected chi connectivity index (χ4v) is 3.27. The number of aromatic nitrogens is 2. The van der Waals surface area contributed by atoms with Crippen molar-refractivity contribution >= 4 is 9.84 Å². The Morgan fingerprint density at radius 2 is 1.59 bits per heavy atom. The minimum absolute atomic E-state index is 0.0885. The molecule has 8 heteroatoms. The van der Waals surface area contributed by atoms with Crippen LogP contribution in [0.2, 0.25) is 0 Å². The number of nitrogens with zero attached hydrogens (tertiary/aromatic N) is 2. The van der Waals surface area contributed by atoms with E-state index in [1.807, 2.05) is 19.9 Å². The van der Waals surface area contributed by atoms with Crippen molar-refractivity contribution in [3.8, 4) is 17.1 Å². The number of sulfone groups is 1. The molecule has 0 fully saturated rings. The third-order valence-electron chi connectivity index (χ3n) is 4.31. The van der Waals surface area contributed by atoms with Gasteiger partial charge in [-0.05, 0) is 61.4 Å². The van der Waals surface area contributed by atoms with Crippen LogP contribution in [0.3, 0.4) is 0 Å². The average Bonchev–Trinajstić information content (AvgIpc) is 3.02. The molecular weight excluding hydrogens is 377 g/mol. The molecule has 4 nitrogen and oxygen atoms in total. The first-order chi connectivity index (χ1) is 12.5. The average molecular weight is 394 g/mol. The molecule has 0 aliphatic rings. The molecule has 0 atom stereocenters. The Morgan fingerprint density at radius 1 is 0.963 bits per heavy atom. The maximum absolute atomic E-state index is 13.2. The first-order valence-electron chi connectivity index (χ1n) is 8.01. The van der Waals surface area contributed by atoms with Gasteiger partial charge in [0, 0.05) is 23.7 Å². The standard InChI is InChI=1S/C19H17F3N2O2S/c1-12-4-7-15(10-13(12)2)24-11-17(19(20,21)22)23-18(24)14-5-8-16(9-6-14)27(3,25)26/h4-11H,1-3H3. The Labute approximate surface area is 155 Å². The van der Waals surface area contributed by atoms with E-state index in [2.05, 4.69) is 4.98 Å². The fraction of sp³-hybridized carbons (Fsp3) is 0.211. The summed E-state index contributed by atoms with van der Waals surface area (Å²) in [5, 5.41) is 0. The Bertz CT molecular complexity index is 1100. The molecule has 3 aromatic rings. The molecule has 0 saturated heterocycles. The molecule has 27 heavy (non-hydrogen) atoms. The number of hydrogen-bond donors (Lipinski definition) is 0. The molecule has 0 unspecified atom stereocenters. The molecule has 1 aromatic heterocycles. The van der Waals surface area contributed by atoms with Crippen molar-refractivity contribution in [1.82, 2.24) is 9.55 Å². The van der Waals surface area contributed by atoms with Crippen molar-refractivity contribution in [1.29, 1.82) is 0 Å². The van der Waals surface area contributed by atoms with Crippen molar-refractivity contribution in [2.75, 3.05) is 6.26 Å². The summed E-state index contributed by atoms with van der Waals surface area (Å²) in [7, 11) is -3.40. The highest BCUT2D eigenvalue weighted by Gasteiger charge is 2.35. The van der Waals surface area contributed by atoms with E-state index in [4.69, 9.17) is 0 Å². The largest absolute Gasteiger partial charge is 0.434 e. The zero-order chi connectivity index (χ0) is 20.0. The SMILES string of the molecule is Cc1ccc(-n2cc(C(F)(F)F)nc2-c2ccc(S(C)(=O)=O)cc2)cc1C. The van der Waals surface area contributed by atoms with Gasteiger partial charge in [0.25, 0.3) is 0 Å². The van der Waals surface area contributed by atoms with Gasteiger partial charge >= 0.3 is 6.18 Å². The predicted molar refractivity (Wildman–Crippen MR) is 96.6 cm³/mol. The summed E-state index contributed by atoms with van der Waals surface area (Å²) < 4.78 is 64.2. The van der Waals surface area contributed by atoms with E-state index in [-0.39, 0.29) is 10.7 Å². The Hall–Kier alpha value is -2.61. The smallest absolute Gasteiger partial charge is 0.299 e. The summed E-state index contributed by atoms with van der Waals surface area (Å²) in [4.78, 5) is 3.85. The van der Waals surface area contributed by atoms with Crippen LogP contribution < -0.4 is 0 Å². The van der Waals surface area contributed by atoms with E-state index >= 15 is 0 Å². The third kappa shape index (κ3) is 3.90. The molecule has 0 bridgehead atoms. The van der Waals surface area contributed by atoms with E-state index in [1.54, 1.807) is 12.1 Å². The van der Waals surface area contributed by atoms with Gasteiger partial charge in [0.05, 0.1) is 4.90 Å². The lowest BCUT2D eigenvalue weighted by Gasteiger charge is -2.10. The summed E-state index contributed by atoms with van der Waals surface area (Å²) >= 11 is 0. The molecule has 142 valence electrons. The van der Waals surface area contributed by atoms with Gasteiger partial charge < -0.3 is 0 Å². The molecule has 3 rings (SSSR count). The lowest BCUT2D eigenvalue weighted by molar-refractivity contribution is -0.140. The summed E-state index contributed by atoms with van der Waals surface area (Å²) in [6, 6.07) is 11.0. The van der Waals surface area contributed by atoms with Crippen molar-refractivity contribution in [2.45, 2.75) is 24.9 Å². The van der Waals surface area contributed by atoms with Gasteiger partial charge in [-0.3, -0.25) is 4.57 Å². The van der Waals surface area contributed by atoms with Crippen molar-refractivity contribution in [2.24, 2.45) is 0 Å². The highest BCUT2D eigenvalue weighted by molar-refractivity contribution is 7.90. The molecule has 1 heterocycles. The zero-order valence-corrected chi connectivity index (χ0v) is 15.7. The number of imidazole rings is 1. The second-order valence-corrected chi connectivity index (χ2v) is 8.40. The predicted octanol–water partition coefficient (Wildman–Crippen LogP) is 4.58. The van der Waals surface area contributed by atoms with E-state index in [1.165, 1.54) is 28.8 Å². The van der Waals surface area contributed by atoms with Crippen LogP contribution in [0.1, 0.15) is 16.8 Å². The molecule has 0 radical (unpaired) electrons. The quantitative estimate of drug-likeness (QED) is 0.654. The number of aryl methyl sites for hydroxylation is 2. The van der Waals surface area contributed by atoms with Crippen LogP contribution in [0, 0.1) is 13.8 Å². The minimum Gasteiger partial charge on any atom is -0.299 e. The van der Waals surface area contributed by atoms with E-state index in [9.17, 15) is 21.6 Å². The van der Waals surface area contributed by atoms with Crippen molar-refractivity contribution < 1.29 is 21.6 Å². The topological polar surface area (TPSA) is 52.0 Å². The first kappa shape index (κ1) is 19.2. The number of benzene rings is 2. The molecule has 0 saturated carbocycles. The van der Waals surface area contributed by atoms with Crippen LogP contribution in [0.15, 0.2) is 53.6 Å². The van der Waals surface area contributed by atoms with Gasteiger partial charge in [0.1, 0.15) is 5.82 Å². The van der Waals surface area contributed by atoms with Crippen LogP contribution >= 0.6 is 0 Å². The molecule has 0 amide bonds. The molecule has 0 spiro atoms. The van der Waals surface area contributed by atoms with E-state index < -0.39 is 21.7 Å². The normalized spacial score (nSPS) is 12.4. The summed E-state index contributed by atoms with van der Waals surface area (Å²) in [5.74, 6) is 0.0885. The highest BCUT2D eigenvalue weighted by Crippen LogP contribution is 2.33. The van der Waals surface area contributed by atoms with Crippen molar-refractivity contribution in [3.05, 3.63) is 65.5 Å². The summed E-state index contributed by atoms with van der Waals surface area (Å²) in [6.07, 6.45) is -2.57. The van der Waals surface area contributed by atoms with Crippen LogP contribution in [-0.4, -0.2) is 24.2 Å². The molecular formula is C19H17F3N2O2S. The van der Waals surface area contributed by atoms with Crippen LogP contribution in [-0.2, 0) is 16.0 Å². The number of halogens is 3. The van der Waals surface area contributed by atoms with Gasteiger partial charge in [0.2, 0.25) is 0 Å². The van der Waals surface area contributed by atoms with Gasteiger partial charge in [-0.15, -0.1) is 0 Å². The second-order valence-electron chi connectivity index (χ2n) is 6.38. The van der Waals surface area contributed by atoms with Crippen LogP contribution in [0.25, 0.3) is 17.1 Å². The van der Waals surface area contributed by atoms with Gasteiger partial charge in [-0.1, -0.05) is 6.07 Å². The van der Waals surface area contributed by atoms with Gasteiger partial charge in [-0.2, -0.15) is 13.2 Å². The van der Waals surface area contributed by atoms with Crippen molar-refractivity contribution in [3.63, 3.8) is 0 Å². The monoisotopic (exact) mass is 394 g/mol. The van der Waals surface area contributed by atoms with Gasteiger partial charge in [-0.25, -0.2) is 13.4 Å². The van der Waals surface area contributed by atoms with E-state index in [0.29, 0.717) is 11.3 Å². The van der Waals surface area contributed by atoms with E-state index in [0.717, 1.165) is 23.6 Å².